The molecule has 0 aromatic heterocycles. The number of amides is 1. The van der Waals surface area contributed by atoms with Crippen LogP contribution in [0.5, 0.6) is 0 Å². The van der Waals surface area contributed by atoms with Gasteiger partial charge < -0.3 is 4.90 Å². The van der Waals surface area contributed by atoms with Crippen LogP contribution in [-0.2, 0) is 0 Å². The molecular weight excluding hydrogens is 370 g/mol. The first-order valence-electron chi connectivity index (χ1n) is 6.71. The summed E-state index contributed by atoms with van der Waals surface area (Å²) in [5.41, 5.74) is 0.740. The van der Waals surface area contributed by atoms with Crippen molar-refractivity contribution in [2.75, 3.05) is 7.05 Å². The van der Waals surface area contributed by atoms with Crippen molar-refractivity contribution in [3.8, 4) is 0 Å². The molecular formula is C15H19Br2NO. The van der Waals surface area contributed by atoms with Gasteiger partial charge >= 0.3 is 0 Å². The molecule has 4 heteroatoms. The monoisotopic (exact) mass is 387 g/mol. The maximum atomic E-state index is 12.6. The number of nitrogens with zero attached hydrogens (tertiary/aromatic N) is 1. The highest BCUT2D eigenvalue weighted by Gasteiger charge is 2.26. The Labute approximate surface area is 131 Å². The normalized spacial score (nSPS) is 23.2. The molecule has 0 spiro atoms. The van der Waals surface area contributed by atoms with Crippen molar-refractivity contribution >= 4 is 37.8 Å². The number of hydrogen-bond acceptors (Lipinski definition) is 1. The van der Waals surface area contributed by atoms with Gasteiger partial charge in [0.1, 0.15) is 0 Å². The predicted molar refractivity (Wildman–Crippen MR) is 85.4 cm³/mol. The summed E-state index contributed by atoms with van der Waals surface area (Å²) in [6.45, 7) is 2.28. The summed E-state index contributed by atoms with van der Waals surface area (Å²) in [6, 6.07) is 6.09. The smallest absolute Gasteiger partial charge is 0.254 e. The number of halogens is 2. The molecule has 0 saturated heterocycles. The molecule has 0 bridgehead atoms. The summed E-state index contributed by atoms with van der Waals surface area (Å²) in [6.07, 6.45) is 4.77. The molecule has 1 aliphatic rings. The summed E-state index contributed by atoms with van der Waals surface area (Å²) in [5.74, 6) is 0.834. The third kappa shape index (κ3) is 3.60. The van der Waals surface area contributed by atoms with Gasteiger partial charge in [0.05, 0.1) is 5.56 Å². The third-order valence-corrected chi connectivity index (χ3v) is 5.09. The molecule has 0 heterocycles. The van der Waals surface area contributed by atoms with E-state index in [4.69, 9.17) is 0 Å². The van der Waals surface area contributed by atoms with Crippen LogP contribution in [0.25, 0.3) is 0 Å². The van der Waals surface area contributed by atoms with Gasteiger partial charge in [-0.1, -0.05) is 35.7 Å². The Kier molecular flexibility index (Phi) is 5.07. The van der Waals surface area contributed by atoms with E-state index in [0.717, 1.165) is 33.3 Å². The van der Waals surface area contributed by atoms with Crippen LogP contribution in [0, 0.1) is 5.92 Å². The van der Waals surface area contributed by atoms with Crippen LogP contribution >= 0.6 is 31.9 Å². The van der Waals surface area contributed by atoms with Crippen molar-refractivity contribution in [3.63, 3.8) is 0 Å². The largest absolute Gasteiger partial charge is 0.339 e. The first kappa shape index (κ1) is 15.0. The van der Waals surface area contributed by atoms with Crippen molar-refractivity contribution in [3.05, 3.63) is 32.7 Å². The molecule has 1 aromatic carbocycles. The molecule has 1 fully saturated rings. The fourth-order valence-corrected chi connectivity index (χ4v) is 3.99. The lowest BCUT2D eigenvalue weighted by atomic mass is 9.86. The van der Waals surface area contributed by atoms with Gasteiger partial charge in [-0.05, 0) is 52.9 Å². The molecule has 2 rings (SSSR count). The minimum atomic E-state index is 0.110. The number of carbonyl (C=O) groups excluding carboxylic acids is 1. The first-order valence-corrected chi connectivity index (χ1v) is 8.30. The number of carbonyl (C=O) groups is 1. The van der Waals surface area contributed by atoms with Gasteiger partial charge in [-0.2, -0.15) is 0 Å². The van der Waals surface area contributed by atoms with Gasteiger partial charge in [-0.15, -0.1) is 0 Å². The molecule has 1 amide bonds. The van der Waals surface area contributed by atoms with E-state index in [0.29, 0.717) is 6.04 Å². The topological polar surface area (TPSA) is 20.3 Å². The van der Waals surface area contributed by atoms with Crippen molar-refractivity contribution < 1.29 is 4.79 Å². The van der Waals surface area contributed by atoms with Gasteiger partial charge in [0, 0.05) is 22.0 Å². The molecule has 2 atom stereocenters. The second-order valence-electron chi connectivity index (χ2n) is 5.47. The Balaban J connectivity index is 2.14. The standard InChI is InChI=1S/C15H19Br2NO/c1-10-4-3-5-12(8-10)18(2)15(19)13-7-6-11(16)9-14(13)17/h6-7,9-10,12H,3-5,8H2,1-2H3. The van der Waals surface area contributed by atoms with Crippen molar-refractivity contribution in [1.82, 2.24) is 4.90 Å². The zero-order valence-corrected chi connectivity index (χ0v) is 14.5. The zero-order chi connectivity index (χ0) is 14.0. The Morgan fingerprint density at radius 3 is 2.68 bits per heavy atom. The fraction of sp³-hybridized carbons (Fsp3) is 0.533. The van der Waals surface area contributed by atoms with Crippen LogP contribution in [0.4, 0.5) is 0 Å². The highest BCUT2D eigenvalue weighted by Crippen LogP contribution is 2.29. The molecule has 104 valence electrons. The average Bonchev–Trinajstić information content (AvgIpc) is 2.37. The van der Waals surface area contributed by atoms with Crippen molar-refractivity contribution in [2.24, 2.45) is 5.92 Å². The Bertz CT molecular complexity index is 475. The number of hydrogen-bond donors (Lipinski definition) is 0. The summed E-state index contributed by atoms with van der Waals surface area (Å²) in [7, 11) is 1.93. The Morgan fingerprint density at radius 1 is 1.32 bits per heavy atom. The van der Waals surface area contributed by atoms with Gasteiger partial charge in [0.15, 0.2) is 0 Å². The van der Waals surface area contributed by atoms with E-state index in [1.165, 1.54) is 12.8 Å². The SMILES string of the molecule is CC1CCCC(N(C)C(=O)c2ccc(Br)cc2Br)C1. The molecule has 0 aliphatic heterocycles. The quantitative estimate of drug-likeness (QED) is 0.708. The van der Waals surface area contributed by atoms with Crippen LogP contribution < -0.4 is 0 Å². The van der Waals surface area contributed by atoms with E-state index in [9.17, 15) is 4.79 Å². The van der Waals surface area contributed by atoms with Gasteiger partial charge in [-0.25, -0.2) is 0 Å². The van der Waals surface area contributed by atoms with E-state index in [-0.39, 0.29) is 5.91 Å². The van der Waals surface area contributed by atoms with E-state index in [2.05, 4.69) is 38.8 Å². The predicted octanol–water partition coefficient (Wildman–Crippen LogP) is 4.86. The summed E-state index contributed by atoms with van der Waals surface area (Å²) in [5, 5.41) is 0. The summed E-state index contributed by atoms with van der Waals surface area (Å²) in [4.78, 5) is 14.5. The Morgan fingerprint density at radius 2 is 2.05 bits per heavy atom. The number of benzene rings is 1. The van der Waals surface area contributed by atoms with Crippen molar-refractivity contribution in [2.45, 2.75) is 38.6 Å². The van der Waals surface area contributed by atoms with Crippen LogP contribution in [0.1, 0.15) is 43.0 Å². The molecule has 19 heavy (non-hydrogen) atoms. The molecule has 0 N–H and O–H groups in total. The molecule has 0 radical (unpaired) electrons. The highest BCUT2D eigenvalue weighted by molar-refractivity contribution is 9.11. The van der Waals surface area contributed by atoms with E-state index >= 15 is 0 Å². The lowest BCUT2D eigenvalue weighted by Gasteiger charge is -2.34. The minimum Gasteiger partial charge on any atom is -0.339 e. The average molecular weight is 389 g/mol. The minimum absolute atomic E-state index is 0.110. The maximum absolute atomic E-state index is 12.6. The van der Waals surface area contributed by atoms with Gasteiger partial charge in [-0.3, -0.25) is 4.79 Å². The maximum Gasteiger partial charge on any atom is 0.254 e. The summed E-state index contributed by atoms with van der Waals surface area (Å²) < 4.78 is 1.83. The van der Waals surface area contributed by atoms with Crippen molar-refractivity contribution in [1.29, 1.82) is 0 Å². The molecule has 1 aliphatic carbocycles. The fourth-order valence-electron chi connectivity index (χ4n) is 2.77. The molecule has 2 unspecified atom stereocenters. The lowest BCUT2D eigenvalue weighted by Crippen LogP contribution is -2.39. The third-order valence-electron chi connectivity index (χ3n) is 3.94. The van der Waals surface area contributed by atoms with E-state index in [1.54, 1.807) is 0 Å². The second-order valence-corrected chi connectivity index (χ2v) is 7.24. The number of rotatable bonds is 2. The lowest BCUT2D eigenvalue weighted by molar-refractivity contribution is 0.0671. The summed E-state index contributed by atoms with van der Waals surface area (Å²) >= 11 is 6.89. The molecule has 1 saturated carbocycles. The zero-order valence-electron chi connectivity index (χ0n) is 11.3. The van der Waals surface area contributed by atoms with Crippen LogP contribution in [0.15, 0.2) is 27.1 Å². The highest BCUT2D eigenvalue weighted by atomic mass is 79.9. The van der Waals surface area contributed by atoms with Gasteiger partial charge in [0.25, 0.3) is 5.91 Å². The Hall–Kier alpha value is -0.350. The van der Waals surface area contributed by atoms with E-state index < -0.39 is 0 Å². The molecule has 1 aromatic rings. The van der Waals surface area contributed by atoms with Crippen LogP contribution in [0.2, 0.25) is 0 Å². The second kappa shape index (κ2) is 6.40. The van der Waals surface area contributed by atoms with Gasteiger partial charge in [0.2, 0.25) is 0 Å². The molecule has 2 nitrogen and oxygen atoms in total. The van der Waals surface area contributed by atoms with Crippen LogP contribution in [-0.4, -0.2) is 23.9 Å². The van der Waals surface area contributed by atoms with Crippen LogP contribution in [0.3, 0.4) is 0 Å². The first-order chi connectivity index (χ1) is 8.99. The van der Waals surface area contributed by atoms with E-state index in [1.807, 2.05) is 30.1 Å².